The van der Waals surface area contributed by atoms with Gasteiger partial charge in [-0.3, -0.25) is 0 Å². The lowest BCUT2D eigenvalue weighted by Gasteiger charge is -2.38. The van der Waals surface area contributed by atoms with E-state index in [1.165, 1.54) is 0 Å². The first-order valence-corrected chi connectivity index (χ1v) is 7.08. The van der Waals surface area contributed by atoms with Crippen molar-refractivity contribution in [1.29, 1.82) is 0 Å². The van der Waals surface area contributed by atoms with Crippen LogP contribution in [0.15, 0.2) is 24.3 Å². The summed E-state index contributed by atoms with van der Waals surface area (Å²) in [4.78, 5) is 0. The Morgan fingerprint density at radius 2 is 2.05 bits per heavy atom. The molecule has 0 saturated carbocycles. The van der Waals surface area contributed by atoms with Crippen LogP contribution in [-0.4, -0.2) is 24.4 Å². The summed E-state index contributed by atoms with van der Waals surface area (Å²) in [7, 11) is 0. The van der Waals surface area contributed by atoms with E-state index in [1.54, 1.807) is 0 Å². The minimum absolute atomic E-state index is 0.0194. The Morgan fingerprint density at radius 1 is 1.32 bits per heavy atom. The number of para-hydroxylation sites is 1. The van der Waals surface area contributed by atoms with Gasteiger partial charge in [0.05, 0.1) is 6.61 Å². The number of rotatable bonds is 4. The van der Waals surface area contributed by atoms with Crippen molar-refractivity contribution < 1.29 is 17.9 Å². The molecule has 6 heteroatoms. The molecule has 1 aromatic carbocycles. The summed E-state index contributed by atoms with van der Waals surface area (Å²) in [5.41, 5.74) is 2.22. The molecule has 1 unspecified atom stereocenters. The van der Waals surface area contributed by atoms with E-state index < -0.39 is 10.9 Å². The second-order valence-corrected chi connectivity index (χ2v) is 5.78. The summed E-state index contributed by atoms with van der Waals surface area (Å²) < 4.78 is 42.3. The van der Waals surface area contributed by atoms with E-state index in [9.17, 15) is 13.2 Å². The number of alkyl halides is 3. The van der Waals surface area contributed by atoms with Crippen molar-refractivity contribution in [1.82, 2.24) is 0 Å². The van der Waals surface area contributed by atoms with Gasteiger partial charge < -0.3 is 10.5 Å². The van der Waals surface area contributed by atoms with Crippen LogP contribution in [0.3, 0.4) is 0 Å². The minimum atomic E-state index is -4.18. The molecule has 0 saturated heterocycles. The van der Waals surface area contributed by atoms with Crippen LogP contribution in [0.1, 0.15) is 18.4 Å². The van der Waals surface area contributed by atoms with Crippen molar-refractivity contribution in [3.8, 4) is 5.75 Å². The largest absolute Gasteiger partial charge is 0.493 e. The summed E-state index contributed by atoms with van der Waals surface area (Å²) in [6.07, 6.45) is 1.08. The molecule has 106 valence electrons. The summed E-state index contributed by atoms with van der Waals surface area (Å²) in [6, 6.07) is 7.47. The van der Waals surface area contributed by atoms with Crippen molar-refractivity contribution in [2.24, 2.45) is 5.73 Å². The van der Waals surface area contributed by atoms with Crippen LogP contribution in [0.4, 0.5) is 13.2 Å². The molecule has 0 aromatic heterocycles. The first kappa shape index (κ1) is 14.5. The lowest BCUT2D eigenvalue weighted by atomic mass is 9.74. The number of hydrogen-bond donors (Lipinski definition) is 1. The quantitative estimate of drug-likeness (QED) is 0.924. The smallest absolute Gasteiger partial charge is 0.441 e. The highest BCUT2D eigenvalue weighted by molar-refractivity contribution is 8.00. The summed E-state index contributed by atoms with van der Waals surface area (Å²) in [6.45, 7) is 0.844. The highest BCUT2D eigenvalue weighted by Gasteiger charge is 2.37. The molecule has 1 aromatic rings. The van der Waals surface area contributed by atoms with Gasteiger partial charge in [-0.2, -0.15) is 13.2 Å². The van der Waals surface area contributed by atoms with Crippen molar-refractivity contribution in [3.05, 3.63) is 29.8 Å². The second-order valence-electron chi connectivity index (χ2n) is 4.62. The monoisotopic (exact) mass is 291 g/mol. The number of fused-ring (bicyclic) bond motifs is 1. The Hall–Kier alpha value is -0.880. The van der Waals surface area contributed by atoms with Gasteiger partial charge in [0, 0.05) is 23.3 Å². The maximum Gasteiger partial charge on any atom is 0.441 e. The van der Waals surface area contributed by atoms with Gasteiger partial charge in [0.1, 0.15) is 5.75 Å². The molecule has 0 bridgehead atoms. The topological polar surface area (TPSA) is 35.2 Å². The maximum atomic E-state index is 12.2. The van der Waals surface area contributed by atoms with Crippen molar-refractivity contribution in [3.63, 3.8) is 0 Å². The highest BCUT2D eigenvalue weighted by Crippen LogP contribution is 2.42. The van der Waals surface area contributed by atoms with Crippen LogP contribution in [0.25, 0.3) is 0 Å². The fourth-order valence-corrected chi connectivity index (χ4v) is 3.18. The van der Waals surface area contributed by atoms with E-state index >= 15 is 0 Å². The SMILES string of the molecule is NCC1(CCSC(F)(F)F)CCOc2ccccc21. The number of thioether (sulfide) groups is 1. The predicted molar refractivity (Wildman–Crippen MR) is 70.4 cm³/mol. The third-order valence-corrected chi connectivity index (χ3v) is 4.27. The van der Waals surface area contributed by atoms with E-state index in [4.69, 9.17) is 10.5 Å². The molecule has 1 aliphatic heterocycles. The van der Waals surface area contributed by atoms with Crippen molar-refractivity contribution in [2.45, 2.75) is 23.8 Å². The van der Waals surface area contributed by atoms with E-state index in [0.29, 0.717) is 26.0 Å². The zero-order valence-electron chi connectivity index (χ0n) is 10.4. The van der Waals surface area contributed by atoms with Crippen LogP contribution >= 0.6 is 11.8 Å². The number of benzene rings is 1. The van der Waals surface area contributed by atoms with Gasteiger partial charge in [-0.15, -0.1) is 0 Å². The Kier molecular flexibility index (Phi) is 4.30. The third-order valence-electron chi connectivity index (χ3n) is 3.53. The lowest BCUT2D eigenvalue weighted by Crippen LogP contribution is -2.40. The van der Waals surface area contributed by atoms with Gasteiger partial charge in [-0.25, -0.2) is 0 Å². The first-order chi connectivity index (χ1) is 8.97. The molecule has 2 rings (SSSR count). The van der Waals surface area contributed by atoms with Crippen LogP contribution in [0.5, 0.6) is 5.75 Å². The van der Waals surface area contributed by atoms with Crippen LogP contribution < -0.4 is 10.5 Å². The molecule has 0 amide bonds. The van der Waals surface area contributed by atoms with Gasteiger partial charge in [-0.05, 0) is 18.9 Å². The predicted octanol–water partition coefficient (Wildman–Crippen LogP) is 3.31. The van der Waals surface area contributed by atoms with Gasteiger partial charge in [-0.1, -0.05) is 30.0 Å². The first-order valence-electron chi connectivity index (χ1n) is 6.10. The van der Waals surface area contributed by atoms with Crippen LogP contribution in [0, 0.1) is 0 Å². The molecule has 1 atom stereocenters. The Balaban J connectivity index is 2.15. The number of ether oxygens (including phenoxy) is 1. The average molecular weight is 291 g/mol. The molecule has 2 nitrogen and oxygen atoms in total. The Labute approximate surface area is 114 Å². The summed E-state index contributed by atoms with van der Waals surface area (Å²) in [5, 5.41) is 0. The number of hydrogen-bond acceptors (Lipinski definition) is 3. The molecule has 0 radical (unpaired) electrons. The molecule has 0 spiro atoms. The average Bonchev–Trinajstić information content (AvgIpc) is 2.37. The van der Waals surface area contributed by atoms with Gasteiger partial charge >= 0.3 is 5.51 Å². The van der Waals surface area contributed by atoms with Gasteiger partial charge in [0.2, 0.25) is 0 Å². The number of halogens is 3. The Morgan fingerprint density at radius 3 is 2.74 bits per heavy atom. The summed E-state index contributed by atoms with van der Waals surface area (Å²) >= 11 is 0.0194. The van der Waals surface area contributed by atoms with Crippen molar-refractivity contribution in [2.75, 3.05) is 18.9 Å². The van der Waals surface area contributed by atoms with Gasteiger partial charge in [0.15, 0.2) is 0 Å². The van der Waals surface area contributed by atoms with Gasteiger partial charge in [0.25, 0.3) is 0 Å². The zero-order chi connectivity index (χ0) is 13.9. The van der Waals surface area contributed by atoms with E-state index in [0.717, 1.165) is 11.3 Å². The van der Waals surface area contributed by atoms with E-state index in [1.807, 2.05) is 24.3 Å². The minimum Gasteiger partial charge on any atom is -0.493 e. The van der Waals surface area contributed by atoms with Crippen LogP contribution in [0.2, 0.25) is 0 Å². The molecular formula is C13H16F3NOS. The van der Waals surface area contributed by atoms with Crippen LogP contribution in [-0.2, 0) is 5.41 Å². The normalized spacial score (nSPS) is 22.7. The maximum absolute atomic E-state index is 12.2. The molecule has 1 aliphatic rings. The molecule has 0 aliphatic carbocycles. The molecule has 0 fully saturated rings. The fourth-order valence-electron chi connectivity index (χ4n) is 2.46. The summed E-state index contributed by atoms with van der Waals surface area (Å²) in [5.74, 6) is 0.769. The third kappa shape index (κ3) is 3.36. The fraction of sp³-hybridized carbons (Fsp3) is 0.538. The molecule has 19 heavy (non-hydrogen) atoms. The number of nitrogens with two attached hydrogens (primary N) is 1. The zero-order valence-corrected chi connectivity index (χ0v) is 11.2. The van der Waals surface area contributed by atoms with Crippen molar-refractivity contribution >= 4 is 11.8 Å². The Bertz CT molecular complexity index is 438. The second kappa shape index (κ2) is 5.63. The lowest BCUT2D eigenvalue weighted by molar-refractivity contribution is -0.0328. The standard InChI is InChI=1S/C13H16F3NOS/c14-13(15,16)19-8-6-12(9-17)5-7-18-11-4-2-1-3-10(11)12/h1-4H,5-9,17H2. The van der Waals surface area contributed by atoms with E-state index in [-0.39, 0.29) is 17.5 Å². The molecular weight excluding hydrogens is 275 g/mol. The molecule has 1 heterocycles. The van der Waals surface area contributed by atoms with E-state index in [2.05, 4.69) is 0 Å². The highest BCUT2D eigenvalue weighted by atomic mass is 32.2. The molecule has 2 N–H and O–H groups in total.